The van der Waals surface area contributed by atoms with Crippen molar-refractivity contribution in [1.29, 1.82) is 0 Å². The van der Waals surface area contributed by atoms with Gasteiger partial charge in [-0.2, -0.15) is 4.98 Å². The van der Waals surface area contributed by atoms with E-state index >= 15 is 0 Å². The highest BCUT2D eigenvalue weighted by Gasteiger charge is 2.12. The van der Waals surface area contributed by atoms with Crippen LogP contribution in [0.25, 0.3) is 0 Å². The topological polar surface area (TPSA) is 60.2 Å². The fourth-order valence-corrected chi connectivity index (χ4v) is 2.03. The second kappa shape index (κ2) is 6.16. The largest absolute Gasteiger partial charge is 0.485 e. The Hall–Kier alpha value is -1.40. The Morgan fingerprint density at radius 2 is 2.26 bits per heavy atom. The number of benzene rings is 1. The molecule has 6 heteroatoms. The van der Waals surface area contributed by atoms with Crippen LogP contribution in [-0.2, 0) is 6.61 Å². The van der Waals surface area contributed by atoms with Gasteiger partial charge in [-0.15, -0.1) is 0 Å². The lowest BCUT2D eigenvalue weighted by molar-refractivity contribution is 0.281. The monoisotopic (exact) mass is 325 g/mol. The molecular weight excluding hydrogens is 310 g/mol. The summed E-state index contributed by atoms with van der Waals surface area (Å²) in [6.07, 6.45) is 0. The molecule has 0 spiro atoms. The molecule has 0 saturated heterocycles. The molecule has 0 bridgehead atoms. The Labute approximate surface area is 120 Å². The van der Waals surface area contributed by atoms with Crippen molar-refractivity contribution in [2.24, 2.45) is 0 Å². The van der Waals surface area contributed by atoms with Crippen molar-refractivity contribution < 1.29 is 9.26 Å². The van der Waals surface area contributed by atoms with Gasteiger partial charge in [-0.3, -0.25) is 0 Å². The molecule has 1 heterocycles. The van der Waals surface area contributed by atoms with Gasteiger partial charge in [-0.1, -0.05) is 27.2 Å². The summed E-state index contributed by atoms with van der Waals surface area (Å²) in [7, 11) is 1.92. The highest BCUT2D eigenvalue weighted by Crippen LogP contribution is 2.29. The summed E-state index contributed by atoms with van der Waals surface area (Å²) in [6, 6.07) is 6.17. The fraction of sp³-hybridized carbons (Fsp3) is 0.385. The highest BCUT2D eigenvalue weighted by atomic mass is 79.9. The number of rotatable bonds is 5. The van der Waals surface area contributed by atoms with Gasteiger partial charge in [0.2, 0.25) is 11.7 Å². The number of nitrogens with one attached hydrogen (secondary N) is 1. The third kappa shape index (κ3) is 3.54. The van der Waals surface area contributed by atoms with E-state index in [-0.39, 0.29) is 12.6 Å². The first-order valence-corrected chi connectivity index (χ1v) is 6.78. The van der Waals surface area contributed by atoms with Gasteiger partial charge in [0.25, 0.3) is 0 Å². The van der Waals surface area contributed by atoms with Crippen molar-refractivity contribution in [2.45, 2.75) is 26.5 Å². The zero-order chi connectivity index (χ0) is 13.8. The van der Waals surface area contributed by atoms with Crippen LogP contribution in [0.2, 0.25) is 0 Å². The van der Waals surface area contributed by atoms with Crippen molar-refractivity contribution in [3.05, 3.63) is 40.0 Å². The number of aromatic nitrogens is 2. The Kier molecular flexibility index (Phi) is 4.55. The Morgan fingerprint density at radius 1 is 1.47 bits per heavy atom. The SMILES string of the molecule is CNC(C)c1ccc(Br)cc1OCc1noc(C)n1. The van der Waals surface area contributed by atoms with Crippen LogP contribution in [-0.4, -0.2) is 17.2 Å². The van der Waals surface area contributed by atoms with Gasteiger partial charge in [0, 0.05) is 23.0 Å². The smallest absolute Gasteiger partial charge is 0.223 e. The van der Waals surface area contributed by atoms with E-state index < -0.39 is 0 Å². The van der Waals surface area contributed by atoms with Crippen molar-refractivity contribution in [1.82, 2.24) is 15.5 Å². The maximum Gasteiger partial charge on any atom is 0.223 e. The molecule has 0 aliphatic heterocycles. The molecule has 0 fully saturated rings. The van der Waals surface area contributed by atoms with E-state index in [1.54, 1.807) is 6.92 Å². The summed E-state index contributed by atoms with van der Waals surface area (Å²) >= 11 is 3.45. The van der Waals surface area contributed by atoms with Crippen molar-refractivity contribution in [3.8, 4) is 5.75 Å². The molecule has 19 heavy (non-hydrogen) atoms. The highest BCUT2D eigenvalue weighted by molar-refractivity contribution is 9.10. The van der Waals surface area contributed by atoms with E-state index in [1.165, 1.54) is 0 Å². The lowest BCUT2D eigenvalue weighted by Crippen LogP contribution is -2.14. The van der Waals surface area contributed by atoms with Gasteiger partial charge in [-0.05, 0) is 26.1 Å². The van der Waals surface area contributed by atoms with Crippen LogP contribution in [0.5, 0.6) is 5.75 Å². The van der Waals surface area contributed by atoms with Gasteiger partial charge < -0.3 is 14.6 Å². The molecule has 5 nitrogen and oxygen atoms in total. The van der Waals surface area contributed by atoms with E-state index in [4.69, 9.17) is 9.26 Å². The predicted molar refractivity (Wildman–Crippen MR) is 75.0 cm³/mol. The lowest BCUT2D eigenvalue weighted by atomic mass is 10.1. The second-order valence-electron chi connectivity index (χ2n) is 4.21. The van der Waals surface area contributed by atoms with Gasteiger partial charge in [0.15, 0.2) is 6.61 Å². The van der Waals surface area contributed by atoms with Crippen LogP contribution >= 0.6 is 15.9 Å². The average molecular weight is 326 g/mol. The van der Waals surface area contributed by atoms with Crippen LogP contribution in [0.15, 0.2) is 27.2 Å². The summed E-state index contributed by atoms with van der Waals surface area (Å²) in [6.45, 7) is 4.12. The van der Waals surface area contributed by atoms with Gasteiger partial charge in [-0.25, -0.2) is 0 Å². The molecule has 2 rings (SSSR count). The van der Waals surface area contributed by atoms with Crippen molar-refractivity contribution >= 4 is 15.9 Å². The first kappa shape index (κ1) is 14.0. The van der Waals surface area contributed by atoms with Crippen molar-refractivity contribution in [3.63, 3.8) is 0 Å². The first-order valence-electron chi connectivity index (χ1n) is 5.99. The summed E-state index contributed by atoms with van der Waals surface area (Å²) in [4.78, 5) is 4.11. The summed E-state index contributed by atoms with van der Waals surface area (Å²) in [5.41, 5.74) is 1.09. The molecule has 1 unspecified atom stereocenters. The second-order valence-corrected chi connectivity index (χ2v) is 5.13. The number of halogens is 1. The van der Waals surface area contributed by atoms with E-state index in [0.717, 1.165) is 15.8 Å². The minimum atomic E-state index is 0.204. The minimum absolute atomic E-state index is 0.204. The van der Waals surface area contributed by atoms with Gasteiger partial charge >= 0.3 is 0 Å². The number of hydrogen-bond acceptors (Lipinski definition) is 5. The molecule has 0 radical (unpaired) electrons. The van der Waals surface area contributed by atoms with Crippen LogP contribution in [0.3, 0.4) is 0 Å². The molecule has 0 aliphatic carbocycles. The quantitative estimate of drug-likeness (QED) is 0.915. The number of ether oxygens (including phenoxy) is 1. The Morgan fingerprint density at radius 3 is 2.89 bits per heavy atom. The molecule has 1 aromatic heterocycles. The van der Waals surface area contributed by atoms with E-state index in [0.29, 0.717) is 11.7 Å². The molecule has 1 N–H and O–H groups in total. The molecule has 1 aromatic carbocycles. The molecule has 0 aliphatic rings. The van der Waals surface area contributed by atoms with E-state index in [9.17, 15) is 0 Å². The van der Waals surface area contributed by atoms with E-state index in [2.05, 4.69) is 38.3 Å². The van der Waals surface area contributed by atoms with Crippen LogP contribution in [0, 0.1) is 6.92 Å². The van der Waals surface area contributed by atoms with Gasteiger partial charge in [0.05, 0.1) is 0 Å². The predicted octanol–water partition coefficient (Wildman–Crippen LogP) is 3.00. The Bertz CT molecular complexity index is 557. The number of aryl methyl sites for hydroxylation is 1. The normalized spacial score (nSPS) is 12.4. The summed E-state index contributed by atoms with van der Waals surface area (Å²) in [5, 5.41) is 7.01. The molecule has 1 atom stereocenters. The minimum Gasteiger partial charge on any atom is -0.485 e. The maximum atomic E-state index is 5.79. The molecule has 2 aromatic rings. The lowest BCUT2D eigenvalue weighted by Gasteiger charge is -2.16. The third-order valence-electron chi connectivity index (χ3n) is 2.80. The molecular formula is C13H16BrN3O2. The van der Waals surface area contributed by atoms with Crippen molar-refractivity contribution in [2.75, 3.05) is 7.05 Å². The zero-order valence-electron chi connectivity index (χ0n) is 11.1. The molecule has 0 amide bonds. The zero-order valence-corrected chi connectivity index (χ0v) is 12.7. The average Bonchev–Trinajstić information content (AvgIpc) is 2.81. The maximum absolute atomic E-state index is 5.79. The third-order valence-corrected chi connectivity index (χ3v) is 3.29. The summed E-state index contributed by atoms with van der Waals surface area (Å²) in [5.74, 6) is 1.89. The number of hydrogen-bond donors (Lipinski definition) is 1. The van der Waals surface area contributed by atoms with Crippen LogP contribution in [0.4, 0.5) is 0 Å². The van der Waals surface area contributed by atoms with Gasteiger partial charge in [0.1, 0.15) is 5.75 Å². The van der Waals surface area contributed by atoms with Crippen LogP contribution in [0.1, 0.15) is 30.2 Å². The van der Waals surface area contributed by atoms with E-state index in [1.807, 2.05) is 25.2 Å². The Balaban J connectivity index is 2.16. The number of nitrogens with zero attached hydrogens (tertiary/aromatic N) is 2. The van der Waals surface area contributed by atoms with Crippen LogP contribution < -0.4 is 10.1 Å². The standard InChI is InChI=1S/C13H16BrN3O2/c1-8(15-3)11-5-4-10(14)6-12(11)18-7-13-16-9(2)19-17-13/h4-6,8,15H,7H2,1-3H3. The molecule has 0 saturated carbocycles. The first-order chi connectivity index (χ1) is 9.10. The summed E-state index contributed by atoms with van der Waals surface area (Å²) < 4.78 is 11.7. The fourth-order valence-electron chi connectivity index (χ4n) is 1.69. The molecule has 102 valence electrons.